The Hall–Kier alpha value is -2.03. The Kier molecular flexibility index (Phi) is 5.12. The van der Waals surface area contributed by atoms with E-state index in [2.05, 4.69) is 22.0 Å². The van der Waals surface area contributed by atoms with Crippen LogP contribution in [0.3, 0.4) is 0 Å². The first-order valence-corrected chi connectivity index (χ1v) is 11.4. The van der Waals surface area contributed by atoms with Gasteiger partial charge < -0.3 is 4.90 Å². The molecule has 2 aromatic carbocycles. The van der Waals surface area contributed by atoms with Crippen LogP contribution in [0, 0.1) is 0 Å². The third kappa shape index (κ3) is 3.69. The van der Waals surface area contributed by atoms with E-state index in [-0.39, 0.29) is 0 Å². The molecule has 0 N–H and O–H groups in total. The molecule has 0 amide bonds. The monoisotopic (exact) mass is 402 g/mol. The molecule has 1 fully saturated rings. The van der Waals surface area contributed by atoms with E-state index < -0.39 is 10.0 Å². The van der Waals surface area contributed by atoms with E-state index in [0.717, 1.165) is 33.8 Å². The van der Waals surface area contributed by atoms with Crippen LogP contribution in [0.1, 0.15) is 18.4 Å². The van der Waals surface area contributed by atoms with Gasteiger partial charge in [-0.1, -0.05) is 48.6 Å². The SMILES string of the molecule is CCCc1nnc(N2CCN(S(=O)(=O)c3ccc4ccccc4c3)CC2)s1. The number of hydrogen-bond acceptors (Lipinski definition) is 6. The molecule has 0 spiro atoms. The quantitative estimate of drug-likeness (QED) is 0.656. The summed E-state index contributed by atoms with van der Waals surface area (Å²) in [5.74, 6) is 0. The molecular formula is C19H22N4O2S2. The van der Waals surface area contributed by atoms with Gasteiger partial charge in [-0.2, -0.15) is 4.31 Å². The second-order valence-corrected chi connectivity index (χ2v) is 9.61. The van der Waals surface area contributed by atoms with Gasteiger partial charge in [0.05, 0.1) is 4.90 Å². The fraction of sp³-hybridized carbons (Fsp3) is 0.368. The lowest BCUT2D eigenvalue weighted by Crippen LogP contribution is -2.48. The summed E-state index contributed by atoms with van der Waals surface area (Å²) >= 11 is 1.61. The van der Waals surface area contributed by atoms with Crippen molar-refractivity contribution in [3.63, 3.8) is 0 Å². The summed E-state index contributed by atoms with van der Waals surface area (Å²) in [5.41, 5.74) is 0. The van der Waals surface area contributed by atoms with Crippen LogP contribution < -0.4 is 4.90 Å². The van der Waals surface area contributed by atoms with Crippen molar-refractivity contribution < 1.29 is 8.42 Å². The maximum atomic E-state index is 13.0. The van der Waals surface area contributed by atoms with Gasteiger partial charge in [0.1, 0.15) is 5.01 Å². The van der Waals surface area contributed by atoms with Crippen molar-refractivity contribution in [3.8, 4) is 0 Å². The minimum absolute atomic E-state index is 0.357. The molecule has 0 radical (unpaired) electrons. The predicted octanol–water partition coefficient (Wildman–Crippen LogP) is 3.15. The van der Waals surface area contributed by atoms with Crippen molar-refractivity contribution in [2.45, 2.75) is 24.7 Å². The second kappa shape index (κ2) is 7.53. The van der Waals surface area contributed by atoms with Gasteiger partial charge in [0.2, 0.25) is 15.2 Å². The maximum Gasteiger partial charge on any atom is 0.243 e. The number of fused-ring (bicyclic) bond motifs is 1. The Bertz CT molecular complexity index is 1040. The van der Waals surface area contributed by atoms with Crippen molar-refractivity contribution in [1.82, 2.24) is 14.5 Å². The first kappa shape index (κ1) is 18.3. The molecule has 0 bridgehead atoms. The minimum atomic E-state index is -3.49. The molecule has 1 aliphatic rings. The zero-order valence-corrected chi connectivity index (χ0v) is 16.8. The Morgan fingerprint density at radius 2 is 1.74 bits per heavy atom. The van der Waals surface area contributed by atoms with Crippen LogP contribution in [0.2, 0.25) is 0 Å². The summed E-state index contributed by atoms with van der Waals surface area (Å²) in [5, 5.41) is 12.4. The smallest absolute Gasteiger partial charge is 0.243 e. The molecule has 1 aromatic heterocycles. The van der Waals surface area contributed by atoms with Crippen LogP contribution in [-0.4, -0.2) is 49.1 Å². The average Bonchev–Trinajstić information content (AvgIpc) is 3.17. The van der Waals surface area contributed by atoms with Crippen LogP contribution in [0.25, 0.3) is 10.8 Å². The Morgan fingerprint density at radius 3 is 2.48 bits per heavy atom. The second-order valence-electron chi connectivity index (χ2n) is 6.63. The normalized spacial score (nSPS) is 16.1. The highest BCUT2D eigenvalue weighted by molar-refractivity contribution is 7.89. The zero-order valence-electron chi connectivity index (χ0n) is 15.2. The first-order chi connectivity index (χ1) is 13.1. The number of nitrogens with zero attached hydrogens (tertiary/aromatic N) is 4. The summed E-state index contributed by atoms with van der Waals surface area (Å²) < 4.78 is 27.7. The topological polar surface area (TPSA) is 66.4 Å². The molecule has 6 nitrogen and oxygen atoms in total. The lowest BCUT2D eigenvalue weighted by Gasteiger charge is -2.33. The highest BCUT2D eigenvalue weighted by Crippen LogP contribution is 2.26. The summed E-state index contributed by atoms with van der Waals surface area (Å²) in [4.78, 5) is 2.49. The van der Waals surface area contributed by atoms with Gasteiger partial charge >= 0.3 is 0 Å². The van der Waals surface area contributed by atoms with Crippen molar-refractivity contribution in [1.29, 1.82) is 0 Å². The summed E-state index contributed by atoms with van der Waals surface area (Å²) in [7, 11) is -3.49. The molecule has 142 valence electrons. The van der Waals surface area contributed by atoms with Crippen LogP contribution >= 0.6 is 11.3 Å². The summed E-state index contributed by atoms with van der Waals surface area (Å²) in [6.45, 7) is 4.30. The van der Waals surface area contributed by atoms with E-state index in [1.54, 1.807) is 27.8 Å². The highest BCUT2D eigenvalue weighted by atomic mass is 32.2. The average molecular weight is 403 g/mol. The molecule has 0 aliphatic carbocycles. The fourth-order valence-electron chi connectivity index (χ4n) is 3.28. The molecular weight excluding hydrogens is 380 g/mol. The van der Waals surface area contributed by atoms with E-state index in [9.17, 15) is 8.42 Å². The number of anilines is 1. The largest absolute Gasteiger partial charge is 0.344 e. The van der Waals surface area contributed by atoms with E-state index in [4.69, 9.17) is 0 Å². The van der Waals surface area contributed by atoms with Crippen LogP contribution in [0.5, 0.6) is 0 Å². The van der Waals surface area contributed by atoms with Crippen molar-refractivity contribution in [2.24, 2.45) is 0 Å². The van der Waals surface area contributed by atoms with Crippen molar-refractivity contribution in [3.05, 3.63) is 47.5 Å². The molecule has 0 atom stereocenters. The zero-order chi connectivity index (χ0) is 18.9. The van der Waals surface area contributed by atoms with Crippen LogP contribution in [0.15, 0.2) is 47.4 Å². The number of piperazine rings is 1. The van der Waals surface area contributed by atoms with Gasteiger partial charge in [0.25, 0.3) is 0 Å². The fourth-order valence-corrected chi connectivity index (χ4v) is 5.73. The van der Waals surface area contributed by atoms with Crippen molar-refractivity contribution in [2.75, 3.05) is 31.1 Å². The molecule has 27 heavy (non-hydrogen) atoms. The Labute approximate surface area is 163 Å². The van der Waals surface area contributed by atoms with Crippen molar-refractivity contribution >= 4 is 37.3 Å². The number of benzene rings is 2. The van der Waals surface area contributed by atoms with E-state index in [0.29, 0.717) is 31.1 Å². The third-order valence-electron chi connectivity index (χ3n) is 4.79. The number of aromatic nitrogens is 2. The van der Waals surface area contributed by atoms with Gasteiger partial charge in [0.15, 0.2) is 0 Å². The molecule has 3 aromatic rings. The maximum absolute atomic E-state index is 13.0. The first-order valence-electron chi connectivity index (χ1n) is 9.14. The third-order valence-corrected chi connectivity index (χ3v) is 7.73. The van der Waals surface area contributed by atoms with Gasteiger partial charge in [-0.25, -0.2) is 8.42 Å². The number of aryl methyl sites for hydroxylation is 1. The molecule has 2 heterocycles. The van der Waals surface area contributed by atoms with Crippen LogP contribution in [0.4, 0.5) is 5.13 Å². The molecule has 0 unspecified atom stereocenters. The minimum Gasteiger partial charge on any atom is -0.344 e. The lowest BCUT2D eigenvalue weighted by atomic mass is 10.1. The molecule has 8 heteroatoms. The van der Waals surface area contributed by atoms with Gasteiger partial charge in [0, 0.05) is 32.6 Å². The molecule has 1 aliphatic heterocycles. The predicted molar refractivity (Wildman–Crippen MR) is 109 cm³/mol. The number of rotatable bonds is 5. The molecule has 4 rings (SSSR count). The van der Waals surface area contributed by atoms with E-state index >= 15 is 0 Å². The Balaban J connectivity index is 1.48. The van der Waals surface area contributed by atoms with Gasteiger partial charge in [-0.05, 0) is 29.3 Å². The van der Waals surface area contributed by atoms with E-state index in [1.807, 2.05) is 30.3 Å². The Morgan fingerprint density at radius 1 is 1.00 bits per heavy atom. The van der Waals surface area contributed by atoms with Crippen LogP contribution in [-0.2, 0) is 16.4 Å². The van der Waals surface area contributed by atoms with E-state index in [1.165, 1.54) is 0 Å². The number of hydrogen-bond donors (Lipinski definition) is 0. The summed E-state index contributed by atoms with van der Waals surface area (Å²) in [6, 6.07) is 13.1. The van der Waals surface area contributed by atoms with Gasteiger partial charge in [-0.15, -0.1) is 10.2 Å². The lowest BCUT2D eigenvalue weighted by molar-refractivity contribution is 0.384. The standard InChI is InChI=1S/C19H22N4O2S2/c1-2-5-18-20-21-19(26-18)22-10-12-23(13-11-22)27(24,25)17-9-8-15-6-3-4-7-16(15)14-17/h3-4,6-9,14H,2,5,10-13H2,1H3. The van der Waals surface area contributed by atoms with Gasteiger partial charge in [-0.3, -0.25) is 0 Å². The highest BCUT2D eigenvalue weighted by Gasteiger charge is 2.29. The number of sulfonamides is 1. The molecule has 1 saturated heterocycles. The summed E-state index contributed by atoms with van der Waals surface area (Å²) in [6.07, 6.45) is 1.99. The molecule has 0 saturated carbocycles.